The van der Waals surface area contributed by atoms with Gasteiger partial charge in [0, 0.05) is 7.05 Å². The van der Waals surface area contributed by atoms with Crippen molar-refractivity contribution in [2.75, 3.05) is 0 Å². The second kappa shape index (κ2) is 4.15. The third-order valence-electron chi connectivity index (χ3n) is 1.97. The largest absolute Gasteiger partial charge is 0.436 e. The van der Waals surface area contributed by atoms with Crippen molar-refractivity contribution in [2.24, 2.45) is 13.0 Å². The number of alkyl halides is 3. The summed E-state index contributed by atoms with van der Waals surface area (Å²) in [5, 5.41) is 3.48. The minimum Gasteiger partial charge on any atom is -0.271 e. The van der Waals surface area contributed by atoms with Crippen LogP contribution in [0.15, 0.2) is 4.47 Å². The van der Waals surface area contributed by atoms with E-state index in [2.05, 4.69) is 21.0 Å². The van der Waals surface area contributed by atoms with E-state index in [1.165, 1.54) is 11.7 Å². The zero-order chi connectivity index (χ0) is 11.8. The first-order valence-corrected chi connectivity index (χ1v) is 5.31. The summed E-state index contributed by atoms with van der Waals surface area (Å²) in [7, 11) is 1.53. The van der Waals surface area contributed by atoms with E-state index in [1.54, 1.807) is 0 Å². The lowest BCUT2D eigenvalue weighted by Crippen LogP contribution is -2.07. The van der Waals surface area contributed by atoms with Gasteiger partial charge in [0.25, 0.3) is 0 Å². The quantitative estimate of drug-likeness (QED) is 0.814. The SMILES string of the molecule is CC(C)Cc1c(Br)c(C(F)(F)F)nn1C. The van der Waals surface area contributed by atoms with Crippen molar-refractivity contribution < 1.29 is 13.2 Å². The molecule has 0 N–H and O–H groups in total. The van der Waals surface area contributed by atoms with Gasteiger partial charge in [0.1, 0.15) is 0 Å². The maximum Gasteiger partial charge on any atom is 0.436 e. The number of aryl methyl sites for hydroxylation is 1. The summed E-state index contributed by atoms with van der Waals surface area (Å²) < 4.78 is 38.8. The zero-order valence-corrected chi connectivity index (χ0v) is 10.3. The van der Waals surface area contributed by atoms with E-state index in [-0.39, 0.29) is 10.4 Å². The molecule has 0 saturated carbocycles. The van der Waals surface area contributed by atoms with Crippen LogP contribution in [0.4, 0.5) is 13.2 Å². The van der Waals surface area contributed by atoms with Gasteiger partial charge in [-0.15, -0.1) is 0 Å². The van der Waals surface area contributed by atoms with E-state index < -0.39 is 11.9 Å². The van der Waals surface area contributed by atoms with Crippen LogP contribution in [0, 0.1) is 5.92 Å². The number of halogens is 4. The van der Waals surface area contributed by atoms with Crippen LogP contribution in [0.5, 0.6) is 0 Å². The minimum atomic E-state index is -4.40. The first-order valence-electron chi connectivity index (χ1n) is 4.52. The first kappa shape index (κ1) is 12.5. The summed E-state index contributed by atoms with van der Waals surface area (Å²) in [5.41, 5.74) is -0.266. The Bertz CT molecular complexity index is 355. The average Bonchev–Trinajstić information content (AvgIpc) is 2.30. The molecule has 0 amide bonds. The smallest absolute Gasteiger partial charge is 0.271 e. The fourth-order valence-electron chi connectivity index (χ4n) is 1.32. The van der Waals surface area contributed by atoms with E-state index in [1.807, 2.05) is 13.8 Å². The first-order chi connectivity index (χ1) is 6.73. The normalized spacial score (nSPS) is 12.5. The summed E-state index contributed by atoms with van der Waals surface area (Å²) in [6.07, 6.45) is -3.83. The van der Waals surface area contributed by atoms with Gasteiger partial charge in [-0.2, -0.15) is 18.3 Å². The fraction of sp³-hybridized carbons (Fsp3) is 0.667. The Labute approximate surface area is 94.6 Å². The predicted octanol–water partition coefficient (Wildman–Crippen LogP) is 3.40. The monoisotopic (exact) mass is 284 g/mol. The zero-order valence-electron chi connectivity index (χ0n) is 8.69. The number of rotatable bonds is 2. The lowest BCUT2D eigenvalue weighted by Gasteiger charge is -2.05. The summed E-state index contributed by atoms with van der Waals surface area (Å²) in [6.45, 7) is 3.90. The van der Waals surface area contributed by atoms with Crippen molar-refractivity contribution in [1.82, 2.24) is 9.78 Å². The van der Waals surface area contributed by atoms with Crippen LogP contribution in [-0.2, 0) is 19.6 Å². The van der Waals surface area contributed by atoms with Gasteiger partial charge in [-0.25, -0.2) is 0 Å². The highest BCUT2D eigenvalue weighted by Gasteiger charge is 2.38. The lowest BCUT2D eigenvalue weighted by molar-refractivity contribution is -0.142. The van der Waals surface area contributed by atoms with E-state index in [9.17, 15) is 13.2 Å². The maximum atomic E-state index is 12.5. The number of aromatic nitrogens is 2. The Morgan fingerprint density at radius 3 is 2.27 bits per heavy atom. The van der Waals surface area contributed by atoms with Crippen LogP contribution >= 0.6 is 15.9 Å². The van der Waals surface area contributed by atoms with Crippen LogP contribution < -0.4 is 0 Å². The van der Waals surface area contributed by atoms with E-state index in [4.69, 9.17) is 0 Å². The standard InChI is InChI=1S/C9H12BrF3N2/c1-5(2)4-6-7(10)8(9(11,12)13)14-15(6)3/h5H,4H2,1-3H3. The molecule has 0 fully saturated rings. The van der Waals surface area contributed by atoms with Crippen molar-refractivity contribution in [3.63, 3.8) is 0 Å². The minimum absolute atomic E-state index is 0.0613. The van der Waals surface area contributed by atoms with Crippen molar-refractivity contribution in [3.8, 4) is 0 Å². The molecule has 1 rings (SSSR count). The van der Waals surface area contributed by atoms with E-state index in [0.29, 0.717) is 12.1 Å². The Hall–Kier alpha value is -0.520. The molecule has 0 spiro atoms. The molecule has 0 aromatic carbocycles. The lowest BCUT2D eigenvalue weighted by atomic mass is 10.1. The van der Waals surface area contributed by atoms with Crippen LogP contribution in [0.1, 0.15) is 25.2 Å². The van der Waals surface area contributed by atoms with Gasteiger partial charge in [0.15, 0.2) is 5.69 Å². The average molecular weight is 285 g/mol. The molecule has 0 aliphatic heterocycles. The van der Waals surface area contributed by atoms with Crippen molar-refractivity contribution in [2.45, 2.75) is 26.4 Å². The number of hydrogen-bond donors (Lipinski definition) is 0. The maximum absolute atomic E-state index is 12.5. The highest BCUT2D eigenvalue weighted by Crippen LogP contribution is 2.36. The Kier molecular flexibility index (Phi) is 3.48. The van der Waals surface area contributed by atoms with Crippen LogP contribution in [0.25, 0.3) is 0 Å². The Balaban J connectivity index is 3.15. The van der Waals surface area contributed by atoms with Crippen LogP contribution in [0.3, 0.4) is 0 Å². The highest BCUT2D eigenvalue weighted by molar-refractivity contribution is 9.10. The fourth-order valence-corrected chi connectivity index (χ4v) is 2.05. The molecule has 0 aliphatic carbocycles. The molecule has 1 aromatic heterocycles. The van der Waals surface area contributed by atoms with Gasteiger partial charge in [0.05, 0.1) is 10.2 Å². The third-order valence-corrected chi connectivity index (χ3v) is 2.81. The van der Waals surface area contributed by atoms with Gasteiger partial charge >= 0.3 is 6.18 Å². The molecular weight excluding hydrogens is 273 g/mol. The molecule has 0 atom stereocenters. The Morgan fingerprint density at radius 1 is 1.40 bits per heavy atom. The predicted molar refractivity (Wildman–Crippen MR) is 54.5 cm³/mol. The summed E-state index contributed by atoms with van der Waals surface area (Å²) in [5.74, 6) is 0.290. The molecule has 0 bridgehead atoms. The van der Waals surface area contributed by atoms with Gasteiger partial charge in [0.2, 0.25) is 0 Å². The van der Waals surface area contributed by atoms with Gasteiger partial charge in [-0.3, -0.25) is 4.68 Å². The van der Waals surface area contributed by atoms with E-state index >= 15 is 0 Å². The van der Waals surface area contributed by atoms with Crippen LogP contribution in [-0.4, -0.2) is 9.78 Å². The molecule has 1 heterocycles. The van der Waals surface area contributed by atoms with Crippen molar-refractivity contribution in [3.05, 3.63) is 15.9 Å². The van der Waals surface area contributed by atoms with E-state index in [0.717, 1.165) is 0 Å². The molecule has 6 heteroatoms. The second-order valence-electron chi connectivity index (χ2n) is 3.83. The second-order valence-corrected chi connectivity index (χ2v) is 4.62. The summed E-state index contributed by atoms with van der Waals surface area (Å²) >= 11 is 2.96. The number of nitrogens with zero attached hydrogens (tertiary/aromatic N) is 2. The van der Waals surface area contributed by atoms with Crippen LogP contribution in [0.2, 0.25) is 0 Å². The summed E-state index contributed by atoms with van der Waals surface area (Å²) in [6, 6.07) is 0. The van der Waals surface area contributed by atoms with Crippen molar-refractivity contribution >= 4 is 15.9 Å². The molecule has 0 unspecified atom stereocenters. The molecule has 0 radical (unpaired) electrons. The molecule has 2 nitrogen and oxygen atoms in total. The topological polar surface area (TPSA) is 17.8 Å². The molecule has 0 saturated heterocycles. The van der Waals surface area contributed by atoms with Gasteiger partial charge in [-0.1, -0.05) is 13.8 Å². The highest BCUT2D eigenvalue weighted by atomic mass is 79.9. The Morgan fingerprint density at radius 2 is 1.93 bits per heavy atom. The van der Waals surface area contributed by atoms with Gasteiger partial charge in [-0.05, 0) is 28.3 Å². The molecule has 86 valence electrons. The van der Waals surface area contributed by atoms with Crippen molar-refractivity contribution in [1.29, 1.82) is 0 Å². The third kappa shape index (κ3) is 2.74. The summed E-state index contributed by atoms with van der Waals surface area (Å²) in [4.78, 5) is 0. The number of hydrogen-bond acceptors (Lipinski definition) is 1. The molecular formula is C9H12BrF3N2. The molecule has 0 aliphatic rings. The molecule has 15 heavy (non-hydrogen) atoms. The van der Waals surface area contributed by atoms with Gasteiger partial charge < -0.3 is 0 Å². The molecule has 1 aromatic rings.